The van der Waals surface area contributed by atoms with Crippen LogP contribution in [0.25, 0.3) is 10.0 Å². The maximum absolute atomic E-state index is 11.9. The molecule has 0 N–H and O–H groups in total. The molecule has 0 saturated carbocycles. The second kappa shape index (κ2) is 5.59. The Morgan fingerprint density at radius 2 is 1.60 bits per heavy atom. The molecule has 20 heavy (non-hydrogen) atoms. The van der Waals surface area contributed by atoms with Gasteiger partial charge in [0.1, 0.15) is 0 Å². The van der Waals surface area contributed by atoms with E-state index in [2.05, 4.69) is 49.9 Å². The quantitative estimate of drug-likeness (QED) is 0.787. The van der Waals surface area contributed by atoms with Crippen LogP contribution in [0.5, 0.6) is 0 Å². The van der Waals surface area contributed by atoms with Crippen molar-refractivity contribution in [2.24, 2.45) is 0 Å². The molecular weight excluding hydrogens is 313 g/mol. The van der Waals surface area contributed by atoms with Crippen LogP contribution >= 0.6 is 0 Å². The van der Waals surface area contributed by atoms with Gasteiger partial charge in [-0.15, -0.1) is 0 Å². The van der Waals surface area contributed by atoms with Gasteiger partial charge in [-0.3, -0.25) is 0 Å². The number of benzene rings is 1. The molecule has 0 unspecified atom stereocenters. The van der Waals surface area contributed by atoms with Gasteiger partial charge in [-0.2, -0.15) is 0 Å². The van der Waals surface area contributed by atoms with Crippen molar-refractivity contribution in [1.29, 1.82) is 0 Å². The maximum atomic E-state index is 11.9. The second-order valence-electron chi connectivity index (χ2n) is 6.21. The van der Waals surface area contributed by atoms with E-state index in [1.165, 1.54) is 20.1 Å². The number of anilines is 1. The van der Waals surface area contributed by atoms with E-state index in [1.54, 1.807) is 6.07 Å². The molecule has 0 fully saturated rings. The Morgan fingerprint density at radius 1 is 1.00 bits per heavy atom. The van der Waals surface area contributed by atoms with Crippen LogP contribution in [-0.2, 0) is 5.41 Å². The molecule has 3 heteroatoms. The van der Waals surface area contributed by atoms with Crippen molar-refractivity contribution < 1.29 is 0 Å². The van der Waals surface area contributed by atoms with Gasteiger partial charge in [-0.1, -0.05) is 0 Å². The Labute approximate surface area is 126 Å². The summed E-state index contributed by atoms with van der Waals surface area (Å²) in [5.74, 6) is 0. The summed E-state index contributed by atoms with van der Waals surface area (Å²) in [5, 5.41) is 0. The summed E-state index contributed by atoms with van der Waals surface area (Å²) in [6, 6.07) is 12.0. The summed E-state index contributed by atoms with van der Waals surface area (Å²) in [4.78, 5) is 14.0. The van der Waals surface area contributed by atoms with Crippen LogP contribution in [0.15, 0.2) is 41.2 Å². The van der Waals surface area contributed by atoms with E-state index in [9.17, 15) is 4.79 Å². The zero-order valence-corrected chi connectivity index (χ0v) is 14.4. The molecule has 2 rings (SSSR count). The zero-order chi connectivity index (χ0) is 14.9. The topological polar surface area (TPSA) is 20.3 Å². The summed E-state index contributed by atoms with van der Waals surface area (Å²) in [6.45, 7) is 6.52. The van der Waals surface area contributed by atoms with Crippen molar-refractivity contribution in [3.8, 4) is 10.0 Å². The molecule has 1 aromatic carbocycles. The standard InChI is InChI=1S/C17H21NOSe/c1-17(2,3)16-11-14(19)10-15(20-16)12-6-8-13(9-7-12)18(4)5/h6-11H,1-5H3. The normalized spacial score (nSPS) is 11.4. The van der Waals surface area contributed by atoms with Crippen molar-refractivity contribution in [3.63, 3.8) is 0 Å². The van der Waals surface area contributed by atoms with Gasteiger partial charge >= 0.3 is 126 Å². The minimum absolute atomic E-state index is 0.0682. The van der Waals surface area contributed by atoms with Gasteiger partial charge in [-0.05, 0) is 0 Å². The van der Waals surface area contributed by atoms with Gasteiger partial charge in [-0.25, -0.2) is 0 Å². The molecule has 1 heterocycles. The average Bonchev–Trinajstić information content (AvgIpc) is 2.37. The van der Waals surface area contributed by atoms with Gasteiger partial charge in [0, 0.05) is 0 Å². The van der Waals surface area contributed by atoms with Crippen LogP contribution in [0.4, 0.5) is 5.69 Å². The van der Waals surface area contributed by atoms with Gasteiger partial charge in [0.15, 0.2) is 0 Å². The molecule has 0 bridgehead atoms. The first-order chi connectivity index (χ1) is 9.27. The van der Waals surface area contributed by atoms with Crippen LogP contribution in [0, 0.1) is 0 Å². The molecule has 1 aromatic heterocycles. The molecular formula is C17H21NOSe. The number of nitrogens with zero attached hydrogens (tertiary/aromatic N) is 1. The van der Waals surface area contributed by atoms with E-state index >= 15 is 0 Å². The fourth-order valence-corrected chi connectivity index (χ4v) is 4.32. The molecule has 0 aliphatic carbocycles. The molecule has 0 radical (unpaired) electrons. The summed E-state index contributed by atoms with van der Waals surface area (Å²) >= 11 is 0.228. The van der Waals surface area contributed by atoms with Crippen molar-refractivity contribution in [2.75, 3.05) is 19.0 Å². The Kier molecular flexibility index (Phi) is 4.22. The average molecular weight is 334 g/mol. The predicted molar refractivity (Wildman–Crippen MR) is 88.1 cm³/mol. The SMILES string of the molecule is CN(C)c1ccc(-c2cc(=O)cc(C(C)(C)C)[se]2)cc1. The van der Waals surface area contributed by atoms with E-state index < -0.39 is 0 Å². The van der Waals surface area contributed by atoms with Crippen LogP contribution in [0.2, 0.25) is 0 Å². The molecule has 0 atom stereocenters. The molecule has 0 aliphatic heterocycles. The molecule has 2 nitrogen and oxygen atoms in total. The van der Waals surface area contributed by atoms with Crippen LogP contribution in [-0.4, -0.2) is 28.6 Å². The van der Waals surface area contributed by atoms with Crippen LogP contribution in [0.3, 0.4) is 0 Å². The number of hydrogen-bond donors (Lipinski definition) is 0. The van der Waals surface area contributed by atoms with E-state index in [4.69, 9.17) is 0 Å². The van der Waals surface area contributed by atoms with Gasteiger partial charge < -0.3 is 0 Å². The monoisotopic (exact) mass is 335 g/mol. The third kappa shape index (κ3) is 3.41. The van der Waals surface area contributed by atoms with E-state index in [1.807, 2.05) is 20.2 Å². The molecule has 0 aliphatic rings. The van der Waals surface area contributed by atoms with Crippen molar-refractivity contribution in [3.05, 3.63) is 51.1 Å². The molecule has 0 spiro atoms. The van der Waals surface area contributed by atoms with Crippen LogP contribution in [0.1, 0.15) is 25.2 Å². The van der Waals surface area contributed by atoms with Crippen molar-refractivity contribution >= 4 is 20.2 Å². The van der Waals surface area contributed by atoms with Gasteiger partial charge in [0.05, 0.1) is 0 Å². The predicted octanol–water partition coefficient (Wildman–Crippen LogP) is 3.13. The van der Waals surface area contributed by atoms with Gasteiger partial charge in [0.2, 0.25) is 0 Å². The Hall–Kier alpha value is -1.31. The summed E-state index contributed by atoms with van der Waals surface area (Å²) in [7, 11) is 4.06. The first-order valence-corrected chi connectivity index (χ1v) is 8.42. The summed E-state index contributed by atoms with van der Waals surface area (Å²) in [6.07, 6.45) is 0. The second-order valence-corrected chi connectivity index (χ2v) is 8.49. The minimum atomic E-state index is 0.0682. The third-order valence-electron chi connectivity index (χ3n) is 3.17. The third-order valence-corrected chi connectivity index (χ3v) is 6.37. The number of rotatable bonds is 2. The van der Waals surface area contributed by atoms with Crippen molar-refractivity contribution in [1.82, 2.24) is 0 Å². The van der Waals surface area contributed by atoms with Crippen molar-refractivity contribution in [2.45, 2.75) is 26.2 Å². The van der Waals surface area contributed by atoms with Crippen LogP contribution < -0.4 is 10.3 Å². The molecule has 0 saturated heterocycles. The fourth-order valence-electron chi connectivity index (χ4n) is 1.91. The summed E-state index contributed by atoms with van der Waals surface area (Å²) in [5.41, 5.74) is 2.53. The van der Waals surface area contributed by atoms with E-state index in [0.717, 1.165) is 0 Å². The Balaban J connectivity index is 2.47. The molecule has 106 valence electrons. The number of hydrogen-bond acceptors (Lipinski definition) is 2. The van der Waals surface area contributed by atoms with E-state index in [0.29, 0.717) is 0 Å². The Morgan fingerprint density at radius 3 is 2.10 bits per heavy atom. The first-order valence-electron chi connectivity index (χ1n) is 6.71. The fraction of sp³-hybridized carbons (Fsp3) is 0.353. The van der Waals surface area contributed by atoms with E-state index in [-0.39, 0.29) is 25.3 Å². The summed E-state index contributed by atoms with van der Waals surface area (Å²) < 4.78 is 2.45. The molecule has 0 amide bonds. The first kappa shape index (κ1) is 15.1. The molecule has 2 aromatic rings. The Bertz CT molecular complexity index is 648. The zero-order valence-electron chi connectivity index (χ0n) is 12.7. The van der Waals surface area contributed by atoms with Gasteiger partial charge in [0.25, 0.3) is 0 Å².